The van der Waals surface area contributed by atoms with E-state index >= 15 is 0 Å². The van der Waals surface area contributed by atoms with E-state index in [2.05, 4.69) is 20.0 Å². The molecule has 0 aliphatic carbocycles. The fourth-order valence-electron chi connectivity index (χ4n) is 3.82. The van der Waals surface area contributed by atoms with Gasteiger partial charge in [0.25, 0.3) is 10.0 Å². The molecule has 2 heterocycles. The highest BCUT2D eigenvalue weighted by atomic mass is 35.5. The van der Waals surface area contributed by atoms with Gasteiger partial charge in [-0.1, -0.05) is 29.3 Å². The summed E-state index contributed by atoms with van der Waals surface area (Å²) >= 11 is 12.0. The van der Waals surface area contributed by atoms with Crippen LogP contribution in [0.25, 0.3) is 0 Å². The van der Waals surface area contributed by atoms with Gasteiger partial charge in [-0.3, -0.25) is 4.79 Å². The number of rotatable bonds is 8. The number of anilines is 2. The van der Waals surface area contributed by atoms with Gasteiger partial charge in [0.1, 0.15) is 0 Å². The number of aromatic nitrogens is 2. The van der Waals surface area contributed by atoms with Crippen molar-refractivity contribution in [1.82, 2.24) is 14.3 Å². The van der Waals surface area contributed by atoms with Crippen molar-refractivity contribution < 1.29 is 21.6 Å². The predicted molar refractivity (Wildman–Crippen MR) is 141 cm³/mol. The molecule has 0 bridgehead atoms. The van der Waals surface area contributed by atoms with Gasteiger partial charge in [0, 0.05) is 47.1 Å². The molecule has 1 aromatic heterocycles. The van der Waals surface area contributed by atoms with E-state index < -0.39 is 20.0 Å². The molecular formula is C23H23Cl2N5O5S2. The van der Waals surface area contributed by atoms with E-state index in [0.717, 1.165) is 0 Å². The molecule has 1 aliphatic heterocycles. The van der Waals surface area contributed by atoms with Gasteiger partial charge in [0.15, 0.2) is 0 Å². The van der Waals surface area contributed by atoms with E-state index in [-0.39, 0.29) is 46.5 Å². The van der Waals surface area contributed by atoms with Crippen molar-refractivity contribution in [3.05, 3.63) is 76.5 Å². The van der Waals surface area contributed by atoms with Gasteiger partial charge in [-0.2, -0.15) is 0 Å². The topological polar surface area (TPSA) is 138 Å². The number of nitrogens with one attached hydrogen (secondary N) is 2. The van der Waals surface area contributed by atoms with E-state index in [9.17, 15) is 21.6 Å². The van der Waals surface area contributed by atoms with Crippen molar-refractivity contribution >= 4 is 60.8 Å². The van der Waals surface area contributed by atoms with Crippen LogP contribution in [0.3, 0.4) is 0 Å². The summed E-state index contributed by atoms with van der Waals surface area (Å²) in [6.07, 6.45) is 3.54. The number of nitrogens with zero attached hydrogens (tertiary/aromatic N) is 3. The van der Waals surface area contributed by atoms with Gasteiger partial charge in [-0.05, 0) is 60.9 Å². The van der Waals surface area contributed by atoms with Gasteiger partial charge in [0.05, 0.1) is 10.6 Å². The lowest BCUT2D eigenvalue weighted by Gasteiger charge is -2.30. The minimum Gasteiger partial charge on any atom is -0.326 e. The summed E-state index contributed by atoms with van der Waals surface area (Å²) in [4.78, 5) is 20.4. The van der Waals surface area contributed by atoms with Gasteiger partial charge >= 0.3 is 0 Å². The van der Waals surface area contributed by atoms with Crippen LogP contribution in [0.2, 0.25) is 10.0 Å². The van der Waals surface area contributed by atoms with E-state index in [0.29, 0.717) is 29.1 Å². The van der Waals surface area contributed by atoms with Gasteiger partial charge < -0.3 is 5.32 Å². The first-order valence-electron chi connectivity index (χ1n) is 11.2. The highest BCUT2D eigenvalue weighted by Gasteiger charge is 2.31. The Morgan fingerprint density at radius 2 is 1.62 bits per heavy atom. The van der Waals surface area contributed by atoms with Gasteiger partial charge in [-0.25, -0.2) is 35.8 Å². The van der Waals surface area contributed by atoms with Crippen molar-refractivity contribution in [1.29, 1.82) is 0 Å². The molecule has 0 atom stereocenters. The molecule has 37 heavy (non-hydrogen) atoms. The largest absolute Gasteiger partial charge is 0.326 e. The van der Waals surface area contributed by atoms with Crippen LogP contribution in [0, 0.1) is 5.92 Å². The lowest BCUT2D eigenvalue weighted by Crippen LogP contribution is -2.41. The van der Waals surface area contributed by atoms with Crippen LogP contribution < -0.4 is 10.0 Å². The van der Waals surface area contributed by atoms with Crippen LogP contribution in [-0.4, -0.2) is 50.1 Å². The summed E-state index contributed by atoms with van der Waals surface area (Å²) in [5.74, 6) is -0.944. The first kappa shape index (κ1) is 27.3. The Morgan fingerprint density at radius 1 is 0.973 bits per heavy atom. The molecule has 1 amide bonds. The maximum atomic E-state index is 12.9. The molecule has 2 aromatic carbocycles. The Labute approximate surface area is 225 Å². The van der Waals surface area contributed by atoms with Crippen LogP contribution >= 0.6 is 23.2 Å². The second kappa shape index (κ2) is 11.3. The minimum atomic E-state index is -3.89. The molecule has 0 radical (unpaired) electrons. The molecule has 196 valence electrons. The monoisotopic (exact) mass is 583 g/mol. The van der Waals surface area contributed by atoms with Crippen LogP contribution in [0.4, 0.5) is 11.6 Å². The van der Waals surface area contributed by atoms with Crippen molar-refractivity contribution in [2.24, 2.45) is 5.92 Å². The molecule has 1 saturated heterocycles. The minimum absolute atomic E-state index is 0.0164. The molecule has 4 rings (SSSR count). The maximum absolute atomic E-state index is 12.9. The van der Waals surface area contributed by atoms with E-state index in [1.807, 2.05) is 0 Å². The van der Waals surface area contributed by atoms with Crippen LogP contribution in [0.5, 0.6) is 0 Å². The number of hydrogen-bond donors (Lipinski definition) is 2. The van der Waals surface area contributed by atoms with E-state index in [1.165, 1.54) is 47.0 Å². The molecular weight excluding hydrogens is 561 g/mol. The molecule has 14 heteroatoms. The van der Waals surface area contributed by atoms with Crippen LogP contribution in [0.15, 0.2) is 65.8 Å². The Morgan fingerprint density at radius 3 is 2.24 bits per heavy atom. The lowest BCUT2D eigenvalue weighted by atomic mass is 9.97. The molecule has 2 N–H and O–H groups in total. The van der Waals surface area contributed by atoms with Gasteiger partial charge in [0.2, 0.25) is 21.9 Å². The Kier molecular flexibility index (Phi) is 8.34. The number of carbonyl (C=O) groups is 1. The van der Waals surface area contributed by atoms with Crippen LogP contribution in [-0.2, 0) is 30.6 Å². The zero-order valence-electron chi connectivity index (χ0n) is 19.3. The van der Waals surface area contributed by atoms with Crippen LogP contribution in [0.1, 0.15) is 18.4 Å². The third-order valence-corrected chi connectivity index (χ3v) is 9.55. The van der Waals surface area contributed by atoms with Crippen molar-refractivity contribution in [3.63, 3.8) is 0 Å². The average molecular weight is 585 g/mol. The lowest BCUT2D eigenvalue weighted by molar-refractivity contribution is -0.120. The number of sulfonamides is 2. The standard InChI is InChI=1S/C23H23Cl2N5O5S2/c24-18-3-2-17(21(25)14-18)15-36(32,33)30-12-8-16(9-13-30)22(31)28-19-4-6-20(7-5-19)37(34,35)29-23-26-10-1-11-27-23/h1-7,10-11,14,16H,8-9,12-13,15H2,(H,28,31)(H,26,27,29). The number of carbonyl (C=O) groups excluding carboxylic acids is 1. The fourth-order valence-corrected chi connectivity index (χ4v) is 6.92. The molecule has 3 aromatic rings. The number of hydrogen-bond acceptors (Lipinski definition) is 7. The molecule has 1 fully saturated rings. The third kappa shape index (κ3) is 6.96. The van der Waals surface area contributed by atoms with Crippen molar-refractivity contribution in [2.45, 2.75) is 23.5 Å². The Hall–Kier alpha value is -2.77. The Bertz CT molecular complexity index is 1480. The number of halogens is 2. The number of benzene rings is 2. The second-order valence-electron chi connectivity index (χ2n) is 8.36. The second-order valence-corrected chi connectivity index (χ2v) is 12.9. The zero-order valence-corrected chi connectivity index (χ0v) is 22.5. The fraction of sp³-hybridized carbons (Fsp3) is 0.261. The van der Waals surface area contributed by atoms with Gasteiger partial charge in [-0.15, -0.1) is 0 Å². The van der Waals surface area contributed by atoms with E-state index in [4.69, 9.17) is 23.2 Å². The quantitative estimate of drug-likeness (QED) is 0.411. The summed E-state index contributed by atoms with van der Waals surface area (Å²) in [6.45, 7) is 0.409. The highest BCUT2D eigenvalue weighted by Crippen LogP contribution is 2.27. The first-order valence-corrected chi connectivity index (χ1v) is 15.0. The average Bonchev–Trinajstić information content (AvgIpc) is 2.86. The number of amides is 1. The molecule has 1 aliphatic rings. The Balaban J connectivity index is 1.31. The first-order chi connectivity index (χ1) is 17.5. The SMILES string of the molecule is O=C(Nc1ccc(S(=O)(=O)Nc2ncccn2)cc1)C1CCN(S(=O)(=O)Cc2ccc(Cl)cc2Cl)CC1. The summed E-state index contributed by atoms with van der Waals surface area (Å²) in [5, 5.41) is 3.48. The summed E-state index contributed by atoms with van der Waals surface area (Å²) in [7, 11) is -7.51. The van der Waals surface area contributed by atoms with E-state index in [1.54, 1.807) is 18.2 Å². The summed E-state index contributed by atoms with van der Waals surface area (Å²) < 4.78 is 54.4. The van der Waals surface area contributed by atoms with Crippen molar-refractivity contribution in [3.8, 4) is 0 Å². The highest BCUT2D eigenvalue weighted by molar-refractivity contribution is 7.92. The molecule has 10 nitrogen and oxygen atoms in total. The summed E-state index contributed by atoms with van der Waals surface area (Å²) in [6, 6.07) is 11.9. The predicted octanol–water partition coefficient (Wildman–Crippen LogP) is 3.76. The normalized spacial score (nSPS) is 15.3. The van der Waals surface area contributed by atoms with Crippen molar-refractivity contribution in [2.75, 3.05) is 23.1 Å². The smallest absolute Gasteiger partial charge is 0.264 e. The third-order valence-electron chi connectivity index (χ3n) is 5.79. The number of piperidine rings is 1. The molecule has 0 spiro atoms. The zero-order chi connectivity index (χ0) is 26.6. The maximum Gasteiger partial charge on any atom is 0.264 e. The summed E-state index contributed by atoms with van der Waals surface area (Å²) in [5.41, 5.74) is 0.884. The molecule has 0 unspecified atom stereocenters. The molecule has 0 saturated carbocycles.